The predicted octanol–water partition coefficient (Wildman–Crippen LogP) is 2.02. The van der Waals surface area contributed by atoms with Crippen LogP contribution in [0.1, 0.15) is 32.6 Å². The van der Waals surface area contributed by atoms with E-state index >= 15 is 0 Å². The average Bonchev–Trinajstić information content (AvgIpc) is 2.30. The minimum absolute atomic E-state index is 0.0959. The van der Waals surface area contributed by atoms with Gasteiger partial charge in [0.05, 0.1) is 0 Å². The van der Waals surface area contributed by atoms with Crippen molar-refractivity contribution in [1.29, 1.82) is 0 Å². The van der Waals surface area contributed by atoms with Gasteiger partial charge < -0.3 is 4.90 Å². The van der Waals surface area contributed by atoms with Crippen molar-refractivity contribution < 1.29 is 4.79 Å². The first-order valence-electron chi connectivity index (χ1n) is 4.64. The van der Waals surface area contributed by atoms with E-state index in [0.717, 1.165) is 25.9 Å². The van der Waals surface area contributed by atoms with Crippen molar-refractivity contribution in [2.24, 2.45) is 0 Å². The van der Waals surface area contributed by atoms with Crippen molar-refractivity contribution >= 4 is 17.5 Å². The lowest BCUT2D eigenvalue weighted by Crippen LogP contribution is -2.36. The second-order valence-electron chi connectivity index (χ2n) is 3.36. The Labute approximate surface area is 78.9 Å². The second kappa shape index (κ2) is 4.70. The number of amides is 1. The van der Waals surface area contributed by atoms with Crippen LogP contribution in [0.4, 0.5) is 0 Å². The third-order valence-corrected chi connectivity index (χ3v) is 2.44. The van der Waals surface area contributed by atoms with Crippen molar-refractivity contribution in [3.8, 4) is 0 Å². The molecule has 0 bridgehead atoms. The molecule has 1 rings (SSSR count). The summed E-state index contributed by atoms with van der Waals surface area (Å²) in [6, 6.07) is 0. The standard InChI is InChI=1S/C9H16ClNO/c1-8(10)9(12)11-6-4-2-3-5-7-11/h8H,2-7H2,1H3. The van der Waals surface area contributed by atoms with E-state index in [1.807, 2.05) is 4.90 Å². The van der Waals surface area contributed by atoms with Crippen LogP contribution in [0.15, 0.2) is 0 Å². The van der Waals surface area contributed by atoms with Gasteiger partial charge in [0.15, 0.2) is 0 Å². The molecule has 2 nitrogen and oxygen atoms in total. The Morgan fingerprint density at radius 2 is 1.75 bits per heavy atom. The van der Waals surface area contributed by atoms with E-state index in [-0.39, 0.29) is 11.3 Å². The molecule has 0 saturated carbocycles. The minimum atomic E-state index is -0.358. The van der Waals surface area contributed by atoms with E-state index in [1.54, 1.807) is 6.92 Å². The number of nitrogens with zero attached hydrogens (tertiary/aromatic N) is 1. The zero-order valence-corrected chi connectivity index (χ0v) is 8.31. The highest BCUT2D eigenvalue weighted by Crippen LogP contribution is 2.11. The lowest BCUT2D eigenvalue weighted by Gasteiger charge is -2.21. The largest absolute Gasteiger partial charge is 0.341 e. The first-order valence-corrected chi connectivity index (χ1v) is 5.08. The Morgan fingerprint density at radius 3 is 2.17 bits per heavy atom. The fourth-order valence-electron chi connectivity index (χ4n) is 1.54. The number of halogens is 1. The Morgan fingerprint density at radius 1 is 1.25 bits per heavy atom. The maximum absolute atomic E-state index is 11.4. The molecule has 0 aromatic heterocycles. The van der Waals surface area contributed by atoms with Crippen LogP contribution < -0.4 is 0 Å². The molecule has 3 heteroatoms. The molecule has 1 heterocycles. The van der Waals surface area contributed by atoms with E-state index < -0.39 is 0 Å². The summed E-state index contributed by atoms with van der Waals surface area (Å²) in [5, 5.41) is -0.358. The van der Waals surface area contributed by atoms with E-state index in [4.69, 9.17) is 11.6 Å². The highest BCUT2D eigenvalue weighted by Gasteiger charge is 2.18. The number of carbonyl (C=O) groups is 1. The molecule has 1 unspecified atom stereocenters. The molecule has 1 saturated heterocycles. The first kappa shape index (κ1) is 9.85. The van der Waals surface area contributed by atoms with Crippen molar-refractivity contribution in [2.45, 2.75) is 38.0 Å². The monoisotopic (exact) mass is 189 g/mol. The molecule has 1 aliphatic heterocycles. The molecule has 12 heavy (non-hydrogen) atoms. The third-order valence-electron chi connectivity index (χ3n) is 2.26. The van der Waals surface area contributed by atoms with Gasteiger partial charge in [0, 0.05) is 13.1 Å². The molecule has 0 spiro atoms. The molecule has 1 fully saturated rings. The van der Waals surface area contributed by atoms with E-state index in [2.05, 4.69) is 0 Å². The molecule has 0 N–H and O–H groups in total. The highest BCUT2D eigenvalue weighted by molar-refractivity contribution is 6.30. The number of hydrogen-bond acceptors (Lipinski definition) is 1. The Hall–Kier alpha value is -0.240. The number of likely N-dealkylation sites (tertiary alicyclic amines) is 1. The summed E-state index contributed by atoms with van der Waals surface area (Å²) < 4.78 is 0. The summed E-state index contributed by atoms with van der Waals surface area (Å²) >= 11 is 5.72. The number of carbonyl (C=O) groups excluding carboxylic acids is 1. The van der Waals surface area contributed by atoms with Crippen LogP contribution in [0.3, 0.4) is 0 Å². The third kappa shape index (κ3) is 2.67. The van der Waals surface area contributed by atoms with Gasteiger partial charge in [-0.1, -0.05) is 12.8 Å². The SMILES string of the molecule is CC(Cl)C(=O)N1CCCCCC1. The van der Waals surface area contributed by atoms with Crippen LogP contribution in [0.2, 0.25) is 0 Å². The van der Waals surface area contributed by atoms with Gasteiger partial charge in [-0.05, 0) is 19.8 Å². The minimum Gasteiger partial charge on any atom is -0.341 e. The maximum Gasteiger partial charge on any atom is 0.240 e. The zero-order valence-electron chi connectivity index (χ0n) is 7.55. The Kier molecular flexibility index (Phi) is 3.86. The van der Waals surface area contributed by atoms with Gasteiger partial charge in [0.25, 0.3) is 0 Å². The lowest BCUT2D eigenvalue weighted by atomic mass is 10.2. The van der Waals surface area contributed by atoms with Gasteiger partial charge in [0.2, 0.25) is 5.91 Å². The van der Waals surface area contributed by atoms with Crippen LogP contribution in [0.25, 0.3) is 0 Å². The number of alkyl halides is 1. The Bertz CT molecular complexity index is 151. The fraction of sp³-hybridized carbons (Fsp3) is 0.889. The maximum atomic E-state index is 11.4. The summed E-state index contributed by atoms with van der Waals surface area (Å²) in [5.74, 6) is 0.0959. The zero-order chi connectivity index (χ0) is 8.97. The van der Waals surface area contributed by atoms with Gasteiger partial charge in [-0.25, -0.2) is 0 Å². The summed E-state index contributed by atoms with van der Waals surface area (Å²) in [5.41, 5.74) is 0. The molecule has 0 aromatic rings. The van der Waals surface area contributed by atoms with Gasteiger partial charge in [-0.2, -0.15) is 0 Å². The van der Waals surface area contributed by atoms with E-state index in [0.29, 0.717) is 0 Å². The van der Waals surface area contributed by atoms with E-state index in [9.17, 15) is 4.79 Å². The molecule has 1 aliphatic rings. The average molecular weight is 190 g/mol. The molecule has 0 radical (unpaired) electrons. The Balaban J connectivity index is 2.43. The van der Waals surface area contributed by atoms with Gasteiger partial charge in [0.1, 0.15) is 5.38 Å². The normalized spacial score (nSPS) is 21.7. The topological polar surface area (TPSA) is 20.3 Å². The quantitative estimate of drug-likeness (QED) is 0.578. The first-order chi connectivity index (χ1) is 5.72. The molecular weight excluding hydrogens is 174 g/mol. The van der Waals surface area contributed by atoms with Crippen molar-refractivity contribution in [3.63, 3.8) is 0 Å². The summed E-state index contributed by atoms with van der Waals surface area (Å²) in [6.07, 6.45) is 4.77. The van der Waals surface area contributed by atoms with Crippen LogP contribution in [-0.2, 0) is 4.79 Å². The van der Waals surface area contributed by atoms with Gasteiger partial charge >= 0.3 is 0 Å². The summed E-state index contributed by atoms with van der Waals surface area (Å²) in [7, 11) is 0. The molecule has 70 valence electrons. The molecule has 0 aliphatic carbocycles. The number of rotatable bonds is 1. The second-order valence-corrected chi connectivity index (χ2v) is 4.01. The molecule has 0 aromatic carbocycles. The van der Waals surface area contributed by atoms with Crippen LogP contribution in [-0.4, -0.2) is 29.3 Å². The van der Waals surface area contributed by atoms with Crippen molar-refractivity contribution in [2.75, 3.05) is 13.1 Å². The molecule has 1 amide bonds. The molecule has 1 atom stereocenters. The highest BCUT2D eigenvalue weighted by atomic mass is 35.5. The van der Waals surface area contributed by atoms with Crippen LogP contribution >= 0.6 is 11.6 Å². The summed E-state index contributed by atoms with van der Waals surface area (Å²) in [6.45, 7) is 3.54. The lowest BCUT2D eigenvalue weighted by molar-refractivity contribution is -0.130. The summed E-state index contributed by atoms with van der Waals surface area (Å²) in [4.78, 5) is 13.3. The fourth-order valence-corrected chi connectivity index (χ4v) is 1.68. The predicted molar refractivity (Wildman–Crippen MR) is 50.4 cm³/mol. The smallest absolute Gasteiger partial charge is 0.240 e. The van der Waals surface area contributed by atoms with Crippen LogP contribution in [0.5, 0.6) is 0 Å². The van der Waals surface area contributed by atoms with E-state index in [1.165, 1.54) is 12.8 Å². The van der Waals surface area contributed by atoms with Crippen molar-refractivity contribution in [3.05, 3.63) is 0 Å². The van der Waals surface area contributed by atoms with Gasteiger partial charge in [-0.15, -0.1) is 11.6 Å². The van der Waals surface area contributed by atoms with Crippen molar-refractivity contribution in [1.82, 2.24) is 4.90 Å². The molecular formula is C9H16ClNO. The van der Waals surface area contributed by atoms with Crippen LogP contribution in [0, 0.1) is 0 Å². The van der Waals surface area contributed by atoms with Gasteiger partial charge in [-0.3, -0.25) is 4.79 Å². The number of hydrogen-bond donors (Lipinski definition) is 0.